The number of hydrogen-bond acceptors (Lipinski definition) is 3. The van der Waals surface area contributed by atoms with Crippen molar-refractivity contribution in [1.82, 2.24) is 4.90 Å². The molecule has 0 aromatic heterocycles. The molecule has 3 rings (SSSR count). The van der Waals surface area contributed by atoms with Crippen molar-refractivity contribution >= 4 is 5.97 Å². The fourth-order valence-corrected chi connectivity index (χ4v) is 4.54. The van der Waals surface area contributed by atoms with E-state index in [0.717, 1.165) is 30.8 Å². The Morgan fingerprint density at radius 2 is 2.16 bits per heavy atom. The second-order valence-corrected chi connectivity index (χ2v) is 6.57. The van der Waals surface area contributed by atoms with Crippen LogP contribution < -0.4 is 0 Å². The van der Waals surface area contributed by atoms with Gasteiger partial charge in [-0.25, -0.2) is 0 Å². The van der Waals surface area contributed by atoms with Gasteiger partial charge in [0, 0.05) is 12.6 Å². The predicted octanol–water partition coefficient (Wildman–Crippen LogP) is 1.84. The van der Waals surface area contributed by atoms with E-state index in [1.807, 2.05) is 0 Å². The highest BCUT2D eigenvalue weighted by Crippen LogP contribution is 2.48. The zero-order chi connectivity index (χ0) is 13.4. The van der Waals surface area contributed by atoms with Crippen LogP contribution in [0.15, 0.2) is 0 Å². The summed E-state index contributed by atoms with van der Waals surface area (Å²) in [6.45, 7) is 5.13. The van der Waals surface area contributed by atoms with E-state index in [1.165, 1.54) is 25.7 Å². The van der Waals surface area contributed by atoms with Crippen molar-refractivity contribution in [1.29, 1.82) is 0 Å². The number of likely N-dealkylation sites (N-methyl/N-ethyl adjacent to an activating group) is 1. The Kier molecular flexibility index (Phi) is 3.81. The fraction of sp³-hybridized carbons (Fsp3) is 0.933. The van der Waals surface area contributed by atoms with Gasteiger partial charge < -0.3 is 9.84 Å². The Balaban J connectivity index is 1.62. The SMILES string of the molecule is CCN(CC1CC2CCC1C2)C1COCC1C(=O)O. The number of carbonyl (C=O) groups is 1. The molecule has 0 aromatic carbocycles. The second-order valence-electron chi connectivity index (χ2n) is 6.57. The smallest absolute Gasteiger partial charge is 0.310 e. The minimum absolute atomic E-state index is 0.0848. The van der Waals surface area contributed by atoms with E-state index in [1.54, 1.807) is 0 Å². The molecule has 4 heteroatoms. The number of hydrogen-bond donors (Lipinski definition) is 1. The summed E-state index contributed by atoms with van der Waals surface area (Å²) in [5.74, 6) is 1.63. The Morgan fingerprint density at radius 3 is 2.74 bits per heavy atom. The molecule has 1 aliphatic heterocycles. The highest BCUT2D eigenvalue weighted by Gasteiger charge is 2.43. The molecule has 5 unspecified atom stereocenters. The van der Waals surface area contributed by atoms with E-state index in [-0.39, 0.29) is 12.0 Å². The van der Waals surface area contributed by atoms with Crippen molar-refractivity contribution in [2.24, 2.45) is 23.7 Å². The molecule has 1 saturated heterocycles. The highest BCUT2D eigenvalue weighted by atomic mass is 16.5. The Labute approximate surface area is 115 Å². The maximum Gasteiger partial charge on any atom is 0.310 e. The number of carboxylic acids is 1. The lowest BCUT2D eigenvalue weighted by atomic mass is 9.87. The number of ether oxygens (including phenoxy) is 1. The summed E-state index contributed by atoms with van der Waals surface area (Å²) >= 11 is 0. The standard InChI is InChI=1S/C15H25NO3/c1-2-16(14-9-19-8-13(14)15(17)18)7-12-6-10-3-4-11(12)5-10/h10-14H,2-9H2,1H3,(H,17,18). The molecule has 1 heterocycles. The van der Waals surface area contributed by atoms with Crippen molar-refractivity contribution in [3.63, 3.8) is 0 Å². The van der Waals surface area contributed by atoms with Crippen LogP contribution in [-0.4, -0.2) is 48.3 Å². The maximum absolute atomic E-state index is 11.3. The van der Waals surface area contributed by atoms with Crippen LogP contribution >= 0.6 is 0 Å². The first-order valence-electron chi connectivity index (χ1n) is 7.73. The maximum atomic E-state index is 11.3. The Hall–Kier alpha value is -0.610. The summed E-state index contributed by atoms with van der Waals surface area (Å²) in [5.41, 5.74) is 0. The van der Waals surface area contributed by atoms with E-state index in [4.69, 9.17) is 4.74 Å². The monoisotopic (exact) mass is 267 g/mol. The number of rotatable bonds is 5. The van der Waals surface area contributed by atoms with Gasteiger partial charge in [0.15, 0.2) is 0 Å². The van der Waals surface area contributed by atoms with E-state index >= 15 is 0 Å². The van der Waals surface area contributed by atoms with Crippen molar-refractivity contribution in [2.45, 2.75) is 38.6 Å². The molecule has 4 nitrogen and oxygen atoms in total. The number of fused-ring (bicyclic) bond motifs is 2. The Morgan fingerprint density at radius 1 is 1.32 bits per heavy atom. The molecule has 0 radical (unpaired) electrons. The quantitative estimate of drug-likeness (QED) is 0.826. The molecule has 1 N–H and O–H groups in total. The first-order chi connectivity index (χ1) is 9.19. The lowest BCUT2D eigenvalue weighted by Crippen LogP contribution is -2.45. The molecule has 2 bridgehead atoms. The molecule has 2 saturated carbocycles. The minimum atomic E-state index is -0.700. The molecule has 3 fully saturated rings. The molecular formula is C15H25NO3. The van der Waals surface area contributed by atoms with Crippen LogP contribution in [0.2, 0.25) is 0 Å². The van der Waals surface area contributed by atoms with Gasteiger partial charge in [0.2, 0.25) is 0 Å². The van der Waals surface area contributed by atoms with Crippen LogP contribution in [0.5, 0.6) is 0 Å². The first kappa shape index (κ1) is 13.4. The van der Waals surface area contributed by atoms with Crippen LogP contribution in [0, 0.1) is 23.7 Å². The number of aliphatic carboxylic acids is 1. The summed E-state index contributed by atoms with van der Waals surface area (Å²) < 4.78 is 5.42. The van der Waals surface area contributed by atoms with Crippen LogP contribution in [0.25, 0.3) is 0 Å². The Bertz CT molecular complexity index is 346. The summed E-state index contributed by atoms with van der Waals surface area (Å²) in [6.07, 6.45) is 5.62. The minimum Gasteiger partial charge on any atom is -0.481 e. The van der Waals surface area contributed by atoms with Crippen LogP contribution in [0.4, 0.5) is 0 Å². The van der Waals surface area contributed by atoms with Gasteiger partial charge in [-0.3, -0.25) is 9.69 Å². The van der Waals surface area contributed by atoms with Crippen LogP contribution in [-0.2, 0) is 9.53 Å². The molecule has 0 aromatic rings. The summed E-state index contributed by atoms with van der Waals surface area (Å²) in [5, 5.41) is 9.29. The van der Waals surface area contributed by atoms with Gasteiger partial charge in [0.25, 0.3) is 0 Å². The molecule has 108 valence electrons. The van der Waals surface area contributed by atoms with Gasteiger partial charge >= 0.3 is 5.97 Å². The zero-order valence-corrected chi connectivity index (χ0v) is 11.8. The van der Waals surface area contributed by atoms with Gasteiger partial charge in [0.05, 0.1) is 19.1 Å². The third kappa shape index (κ3) is 2.52. The van der Waals surface area contributed by atoms with Crippen molar-refractivity contribution in [3.05, 3.63) is 0 Å². The molecule has 0 amide bonds. The highest BCUT2D eigenvalue weighted by molar-refractivity contribution is 5.71. The average Bonchev–Trinajstić information content (AvgIpc) is 3.10. The van der Waals surface area contributed by atoms with Crippen molar-refractivity contribution in [3.8, 4) is 0 Å². The molecule has 2 aliphatic carbocycles. The lowest BCUT2D eigenvalue weighted by Gasteiger charge is -2.34. The predicted molar refractivity (Wildman–Crippen MR) is 71.9 cm³/mol. The molecule has 0 spiro atoms. The molecule has 19 heavy (non-hydrogen) atoms. The second kappa shape index (κ2) is 5.41. The van der Waals surface area contributed by atoms with Gasteiger partial charge in [-0.15, -0.1) is 0 Å². The van der Waals surface area contributed by atoms with Crippen molar-refractivity contribution in [2.75, 3.05) is 26.3 Å². The van der Waals surface area contributed by atoms with E-state index < -0.39 is 5.97 Å². The van der Waals surface area contributed by atoms with E-state index in [0.29, 0.717) is 13.2 Å². The molecule has 5 atom stereocenters. The summed E-state index contributed by atoms with van der Waals surface area (Å²) in [7, 11) is 0. The normalized spacial score (nSPS) is 41.3. The summed E-state index contributed by atoms with van der Waals surface area (Å²) in [4.78, 5) is 13.7. The molecule has 3 aliphatic rings. The number of nitrogens with zero attached hydrogens (tertiary/aromatic N) is 1. The first-order valence-corrected chi connectivity index (χ1v) is 7.73. The van der Waals surface area contributed by atoms with Crippen LogP contribution in [0.3, 0.4) is 0 Å². The average molecular weight is 267 g/mol. The summed E-state index contributed by atoms with van der Waals surface area (Å²) in [6, 6.07) is 0.0848. The third-order valence-electron chi connectivity index (χ3n) is 5.60. The fourth-order valence-electron chi connectivity index (χ4n) is 4.54. The zero-order valence-electron chi connectivity index (χ0n) is 11.8. The largest absolute Gasteiger partial charge is 0.481 e. The van der Waals surface area contributed by atoms with Crippen LogP contribution in [0.1, 0.15) is 32.6 Å². The lowest BCUT2D eigenvalue weighted by molar-refractivity contribution is -0.143. The molecular weight excluding hydrogens is 242 g/mol. The van der Waals surface area contributed by atoms with Gasteiger partial charge in [-0.2, -0.15) is 0 Å². The number of carboxylic acid groups (broad SMARTS) is 1. The topological polar surface area (TPSA) is 49.8 Å². The van der Waals surface area contributed by atoms with E-state index in [9.17, 15) is 9.90 Å². The van der Waals surface area contributed by atoms with Gasteiger partial charge in [0.1, 0.15) is 0 Å². The van der Waals surface area contributed by atoms with Crippen molar-refractivity contribution < 1.29 is 14.6 Å². The van der Waals surface area contributed by atoms with E-state index in [2.05, 4.69) is 11.8 Å². The third-order valence-corrected chi connectivity index (χ3v) is 5.60. The van der Waals surface area contributed by atoms with Gasteiger partial charge in [-0.1, -0.05) is 13.3 Å². The van der Waals surface area contributed by atoms with Gasteiger partial charge in [-0.05, 0) is 43.6 Å².